The molecule has 1 atom stereocenters. The maximum absolute atomic E-state index is 12.7. The molecule has 8 nitrogen and oxygen atoms in total. The number of imide groups is 1. The number of benzene rings is 2. The first-order chi connectivity index (χ1) is 13.1. The summed E-state index contributed by atoms with van der Waals surface area (Å²) in [5.74, 6) is -1.51. The number of ether oxygens (including phenoxy) is 1. The molecule has 0 aliphatic heterocycles. The molecule has 2 aromatic rings. The zero-order chi connectivity index (χ0) is 19.6. The van der Waals surface area contributed by atoms with Gasteiger partial charge in [-0.15, -0.1) is 0 Å². The predicted octanol–water partition coefficient (Wildman–Crippen LogP) is 1.44. The van der Waals surface area contributed by atoms with Crippen molar-refractivity contribution < 1.29 is 24.2 Å². The van der Waals surface area contributed by atoms with Crippen LogP contribution in [0.4, 0.5) is 10.5 Å². The average molecular weight is 371 g/mol. The number of amides is 3. The van der Waals surface area contributed by atoms with Crippen LogP contribution in [0.15, 0.2) is 54.6 Å². The minimum absolute atomic E-state index is 0.107. The van der Waals surface area contributed by atoms with Crippen molar-refractivity contribution in [1.82, 2.24) is 10.6 Å². The van der Waals surface area contributed by atoms with E-state index in [1.165, 1.54) is 7.05 Å². The Balaban J connectivity index is 2.26. The van der Waals surface area contributed by atoms with E-state index in [0.717, 1.165) is 0 Å². The van der Waals surface area contributed by atoms with Crippen LogP contribution in [-0.2, 0) is 9.53 Å². The second-order valence-electron chi connectivity index (χ2n) is 5.46. The predicted molar refractivity (Wildman–Crippen MR) is 99.2 cm³/mol. The van der Waals surface area contributed by atoms with Crippen molar-refractivity contribution in [2.75, 3.05) is 25.5 Å². The van der Waals surface area contributed by atoms with Gasteiger partial charge < -0.3 is 20.5 Å². The number of nitrogens with one attached hydrogen (secondary N) is 3. The van der Waals surface area contributed by atoms with Gasteiger partial charge in [-0.3, -0.25) is 10.1 Å². The third kappa shape index (κ3) is 5.55. The SMILES string of the molecule is CNC(=O)NC(=O)[C@@H](OC(=O)c1ccccc1NCCO)c1ccccc1. The number of anilines is 1. The van der Waals surface area contributed by atoms with E-state index in [4.69, 9.17) is 9.84 Å². The molecule has 0 aliphatic rings. The normalized spacial score (nSPS) is 11.2. The first-order valence-corrected chi connectivity index (χ1v) is 8.29. The number of esters is 1. The third-order valence-corrected chi connectivity index (χ3v) is 3.60. The Morgan fingerprint density at radius 3 is 2.37 bits per heavy atom. The van der Waals surface area contributed by atoms with Gasteiger partial charge in [0.15, 0.2) is 0 Å². The van der Waals surface area contributed by atoms with Crippen LogP contribution in [0, 0.1) is 0 Å². The summed E-state index contributed by atoms with van der Waals surface area (Å²) < 4.78 is 5.42. The average Bonchev–Trinajstić information content (AvgIpc) is 2.70. The number of aliphatic hydroxyl groups excluding tert-OH is 1. The van der Waals surface area contributed by atoms with Crippen LogP contribution in [0.2, 0.25) is 0 Å². The number of urea groups is 1. The highest BCUT2D eigenvalue weighted by Gasteiger charge is 2.27. The number of carbonyl (C=O) groups is 3. The highest BCUT2D eigenvalue weighted by molar-refractivity contribution is 6.00. The van der Waals surface area contributed by atoms with Crippen LogP contribution in [0.5, 0.6) is 0 Å². The standard InChI is InChI=1S/C19H21N3O5/c1-20-19(26)22-17(24)16(13-7-3-2-4-8-13)27-18(25)14-9-5-6-10-15(14)21-11-12-23/h2-10,16,21,23H,11-12H2,1H3,(H2,20,22,24,26)/t16-/m0/s1. The largest absolute Gasteiger partial charge is 0.444 e. The topological polar surface area (TPSA) is 117 Å². The van der Waals surface area contributed by atoms with Crippen LogP contribution < -0.4 is 16.0 Å². The zero-order valence-electron chi connectivity index (χ0n) is 14.8. The van der Waals surface area contributed by atoms with Gasteiger partial charge in [0.25, 0.3) is 5.91 Å². The molecule has 8 heteroatoms. The van der Waals surface area contributed by atoms with E-state index < -0.39 is 24.0 Å². The molecule has 0 aliphatic carbocycles. The van der Waals surface area contributed by atoms with Gasteiger partial charge in [0.05, 0.1) is 12.2 Å². The summed E-state index contributed by atoms with van der Waals surface area (Å²) in [6.45, 7) is 0.147. The van der Waals surface area contributed by atoms with E-state index in [1.807, 2.05) is 0 Å². The van der Waals surface area contributed by atoms with Crippen molar-refractivity contribution in [3.63, 3.8) is 0 Å². The minimum atomic E-state index is -1.30. The van der Waals surface area contributed by atoms with Crippen molar-refractivity contribution in [3.8, 4) is 0 Å². The van der Waals surface area contributed by atoms with E-state index in [-0.39, 0.29) is 18.7 Å². The second-order valence-corrected chi connectivity index (χ2v) is 5.46. The van der Waals surface area contributed by atoms with Crippen molar-refractivity contribution in [2.45, 2.75) is 6.10 Å². The van der Waals surface area contributed by atoms with E-state index >= 15 is 0 Å². The third-order valence-electron chi connectivity index (χ3n) is 3.60. The lowest BCUT2D eigenvalue weighted by atomic mass is 10.1. The Morgan fingerprint density at radius 2 is 1.70 bits per heavy atom. The summed E-state index contributed by atoms with van der Waals surface area (Å²) in [5, 5.41) is 16.3. The Morgan fingerprint density at radius 1 is 1.04 bits per heavy atom. The summed E-state index contributed by atoms with van der Waals surface area (Å²) >= 11 is 0. The molecule has 2 aromatic carbocycles. The zero-order valence-corrected chi connectivity index (χ0v) is 14.8. The molecule has 0 spiro atoms. The quantitative estimate of drug-likeness (QED) is 0.547. The highest BCUT2D eigenvalue weighted by Crippen LogP contribution is 2.22. The van der Waals surface area contributed by atoms with Crippen LogP contribution in [-0.4, -0.2) is 43.2 Å². The molecule has 0 saturated carbocycles. The van der Waals surface area contributed by atoms with Gasteiger partial charge in [-0.05, 0) is 12.1 Å². The number of carbonyl (C=O) groups excluding carboxylic acids is 3. The number of hydrogen-bond acceptors (Lipinski definition) is 6. The van der Waals surface area contributed by atoms with Crippen LogP contribution in [0.3, 0.4) is 0 Å². The molecule has 142 valence electrons. The lowest BCUT2D eigenvalue weighted by Gasteiger charge is -2.18. The van der Waals surface area contributed by atoms with Gasteiger partial charge in [-0.25, -0.2) is 9.59 Å². The molecule has 0 fully saturated rings. The summed E-state index contributed by atoms with van der Waals surface area (Å²) in [6, 6.07) is 14.3. The van der Waals surface area contributed by atoms with E-state index in [9.17, 15) is 14.4 Å². The summed E-state index contributed by atoms with van der Waals surface area (Å²) in [4.78, 5) is 36.6. The van der Waals surface area contributed by atoms with Gasteiger partial charge in [0.1, 0.15) is 0 Å². The Labute approximate surface area is 156 Å². The molecule has 0 saturated heterocycles. The van der Waals surface area contributed by atoms with Crippen LogP contribution >= 0.6 is 0 Å². The molecule has 2 rings (SSSR count). The summed E-state index contributed by atoms with van der Waals surface area (Å²) in [5.41, 5.74) is 1.10. The molecule has 0 heterocycles. The number of aliphatic hydroxyl groups is 1. The Hall–Kier alpha value is -3.39. The van der Waals surface area contributed by atoms with Crippen molar-refractivity contribution >= 4 is 23.6 Å². The van der Waals surface area contributed by atoms with E-state index in [2.05, 4.69) is 16.0 Å². The molecule has 0 bridgehead atoms. The fourth-order valence-corrected chi connectivity index (χ4v) is 2.32. The lowest BCUT2D eigenvalue weighted by Crippen LogP contribution is -2.41. The first kappa shape index (κ1) is 19.9. The number of para-hydroxylation sites is 1. The van der Waals surface area contributed by atoms with Crippen LogP contribution in [0.1, 0.15) is 22.0 Å². The van der Waals surface area contributed by atoms with Gasteiger partial charge in [-0.1, -0.05) is 42.5 Å². The molecule has 0 unspecified atom stereocenters. The van der Waals surface area contributed by atoms with Crippen LogP contribution in [0.25, 0.3) is 0 Å². The molecule has 4 N–H and O–H groups in total. The highest BCUT2D eigenvalue weighted by atomic mass is 16.5. The fourth-order valence-electron chi connectivity index (χ4n) is 2.32. The Bertz CT molecular complexity index is 795. The number of rotatable bonds is 7. The maximum Gasteiger partial charge on any atom is 0.341 e. The molecular formula is C19H21N3O5. The van der Waals surface area contributed by atoms with Crippen molar-refractivity contribution in [2.24, 2.45) is 0 Å². The lowest BCUT2D eigenvalue weighted by molar-refractivity contribution is -0.129. The smallest absolute Gasteiger partial charge is 0.341 e. The monoisotopic (exact) mass is 371 g/mol. The molecule has 27 heavy (non-hydrogen) atoms. The van der Waals surface area contributed by atoms with E-state index in [0.29, 0.717) is 11.3 Å². The van der Waals surface area contributed by atoms with Gasteiger partial charge >= 0.3 is 12.0 Å². The summed E-state index contributed by atoms with van der Waals surface area (Å²) in [6.07, 6.45) is -1.30. The number of hydrogen-bond donors (Lipinski definition) is 4. The summed E-state index contributed by atoms with van der Waals surface area (Å²) in [7, 11) is 1.37. The van der Waals surface area contributed by atoms with Crippen molar-refractivity contribution in [3.05, 3.63) is 65.7 Å². The van der Waals surface area contributed by atoms with E-state index in [1.54, 1.807) is 54.6 Å². The van der Waals surface area contributed by atoms with Crippen molar-refractivity contribution in [1.29, 1.82) is 0 Å². The van der Waals surface area contributed by atoms with Gasteiger partial charge in [0, 0.05) is 24.8 Å². The Kier molecular flexibility index (Phi) is 7.33. The minimum Gasteiger partial charge on any atom is -0.444 e. The fraction of sp³-hybridized carbons (Fsp3) is 0.211. The second kappa shape index (κ2) is 9.93. The molecule has 3 amide bonds. The first-order valence-electron chi connectivity index (χ1n) is 8.29. The molecular weight excluding hydrogens is 350 g/mol. The maximum atomic E-state index is 12.7. The van der Waals surface area contributed by atoms with Gasteiger partial charge in [0.2, 0.25) is 6.10 Å². The molecule has 0 radical (unpaired) electrons. The molecule has 0 aromatic heterocycles. The van der Waals surface area contributed by atoms with Gasteiger partial charge in [-0.2, -0.15) is 0 Å².